The Bertz CT molecular complexity index is 759. The second-order valence-corrected chi connectivity index (χ2v) is 6.17. The monoisotopic (exact) mass is 358 g/mol. The van der Waals surface area contributed by atoms with Crippen molar-refractivity contribution in [3.63, 3.8) is 0 Å². The van der Waals surface area contributed by atoms with Crippen LogP contribution in [0, 0.1) is 0 Å². The number of likely N-dealkylation sites (N-methyl/N-ethyl adjacent to an activating group) is 2. The van der Waals surface area contributed by atoms with Gasteiger partial charge in [0.15, 0.2) is 0 Å². The second kappa shape index (κ2) is 7.55. The summed E-state index contributed by atoms with van der Waals surface area (Å²) in [5.41, 5.74) is 0. The van der Waals surface area contributed by atoms with Gasteiger partial charge in [0, 0.05) is 20.5 Å². The summed E-state index contributed by atoms with van der Waals surface area (Å²) in [5.74, 6) is 1.65. The van der Waals surface area contributed by atoms with E-state index in [4.69, 9.17) is 4.74 Å². The van der Waals surface area contributed by atoms with Crippen LogP contribution in [0.4, 0.5) is 4.79 Å². The van der Waals surface area contributed by atoms with Gasteiger partial charge in [-0.15, -0.1) is 0 Å². The van der Waals surface area contributed by atoms with Crippen LogP contribution in [0.3, 0.4) is 0 Å². The molecule has 0 saturated carbocycles. The van der Waals surface area contributed by atoms with Crippen LogP contribution in [-0.2, 0) is 4.79 Å². The van der Waals surface area contributed by atoms with Crippen molar-refractivity contribution in [1.82, 2.24) is 15.1 Å². The highest BCUT2D eigenvalue weighted by molar-refractivity contribution is 6.22. The van der Waals surface area contributed by atoms with Crippen molar-refractivity contribution in [3.05, 3.63) is 30.3 Å². The molecule has 1 saturated heterocycles. The number of rotatable bonds is 6. The Balaban J connectivity index is 1.71. The molecule has 0 spiro atoms. The fourth-order valence-electron chi connectivity index (χ4n) is 3.07. The number of fused-ring (bicyclic) bond motifs is 1. The number of nitrogens with one attached hydrogen (secondary N) is 1. The molecule has 0 radical (unpaired) electrons. The Labute approximate surface area is 152 Å². The molecular weight excluding hydrogens is 334 g/mol. The van der Waals surface area contributed by atoms with Gasteiger partial charge in [0.2, 0.25) is 11.9 Å². The molecule has 1 aromatic rings. The van der Waals surface area contributed by atoms with E-state index in [0.717, 1.165) is 17.1 Å². The van der Waals surface area contributed by atoms with Crippen LogP contribution in [0.1, 0.15) is 13.3 Å². The van der Waals surface area contributed by atoms with Crippen LogP contribution in [-0.4, -0.2) is 77.9 Å². The van der Waals surface area contributed by atoms with Gasteiger partial charge in [-0.2, -0.15) is 0 Å². The summed E-state index contributed by atoms with van der Waals surface area (Å²) in [6, 6.07) is 8.67. The Hall–Kier alpha value is -2.90. The SMILES string of the molecule is CCNC1=[N+](CCCOc2ccccc2)C2C(=O)N(C)C(=O)N(C)C2=N1. The smallest absolute Gasteiger partial charge is 0.390 e. The van der Waals surface area contributed by atoms with E-state index < -0.39 is 6.04 Å². The molecule has 2 heterocycles. The van der Waals surface area contributed by atoms with E-state index in [2.05, 4.69) is 10.3 Å². The van der Waals surface area contributed by atoms with Crippen molar-refractivity contribution in [3.8, 4) is 5.75 Å². The van der Waals surface area contributed by atoms with Gasteiger partial charge < -0.3 is 4.74 Å². The third-order valence-corrected chi connectivity index (χ3v) is 4.42. The van der Waals surface area contributed by atoms with E-state index in [-0.39, 0.29) is 11.9 Å². The van der Waals surface area contributed by atoms with Crippen LogP contribution in [0.5, 0.6) is 5.75 Å². The number of carbonyl (C=O) groups excluding carboxylic acids is 2. The Morgan fingerprint density at radius 3 is 2.62 bits per heavy atom. The van der Waals surface area contributed by atoms with Crippen LogP contribution < -0.4 is 10.1 Å². The number of hydrogen-bond donors (Lipinski definition) is 1. The van der Waals surface area contributed by atoms with Crippen molar-refractivity contribution in [1.29, 1.82) is 0 Å². The van der Waals surface area contributed by atoms with E-state index in [1.54, 1.807) is 7.05 Å². The maximum atomic E-state index is 12.7. The number of benzene rings is 1. The van der Waals surface area contributed by atoms with E-state index in [1.807, 2.05) is 41.8 Å². The average Bonchev–Trinajstić information content (AvgIpc) is 3.01. The van der Waals surface area contributed by atoms with E-state index in [1.165, 1.54) is 11.9 Å². The number of hydrogen-bond acceptors (Lipinski definition) is 5. The predicted octanol–water partition coefficient (Wildman–Crippen LogP) is 0.738. The number of amidine groups is 1. The molecular formula is C18H24N5O3+. The quantitative estimate of drug-likeness (QED) is 0.601. The lowest BCUT2D eigenvalue weighted by Gasteiger charge is -2.31. The highest BCUT2D eigenvalue weighted by Gasteiger charge is 2.51. The third kappa shape index (κ3) is 3.26. The van der Waals surface area contributed by atoms with Gasteiger partial charge in [0.05, 0.1) is 19.7 Å². The van der Waals surface area contributed by atoms with Crippen molar-refractivity contribution in [2.24, 2.45) is 4.99 Å². The first-order valence-electron chi connectivity index (χ1n) is 8.73. The number of aliphatic imine (C=N–C) groups is 1. The second-order valence-electron chi connectivity index (χ2n) is 6.17. The van der Waals surface area contributed by atoms with Gasteiger partial charge in [0.1, 0.15) is 5.75 Å². The lowest BCUT2D eigenvalue weighted by atomic mass is 10.1. The zero-order chi connectivity index (χ0) is 18.7. The summed E-state index contributed by atoms with van der Waals surface area (Å²) in [4.78, 5) is 31.9. The van der Waals surface area contributed by atoms with Crippen molar-refractivity contribution < 1.29 is 18.9 Å². The van der Waals surface area contributed by atoms with Gasteiger partial charge in [0.25, 0.3) is 5.91 Å². The minimum Gasteiger partial charge on any atom is -0.493 e. The van der Waals surface area contributed by atoms with Gasteiger partial charge in [-0.1, -0.05) is 23.2 Å². The van der Waals surface area contributed by atoms with Crippen molar-refractivity contribution >= 4 is 23.7 Å². The Kier molecular flexibility index (Phi) is 5.20. The molecule has 26 heavy (non-hydrogen) atoms. The molecule has 2 aliphatic heterocycles. The zero-order valence-electron chi connectivity index (χ0n) is 15.3. The molecule has 138 valence electrons. The van der Waals surface area contributed by atoms with Crippen LogP contribution in [0.15, 0.2) is 35.3 Å². The predicted molar refractivity (Wildman–Crippen MR) is 97.5 cm³/mol. The molecule has 1 N–H and O–H groups in total. The summed E-state index contributed by atoms with van der Waals surface area (Å²) in [7, 11) is 3.14. The summed E-state index contributed by atoms with van der Waals surface area (Å²) >= 11 is 0. The largest absolute Gasteiger partial charge is 0.493 e. The van der Waals surface area contributed by atoms with Crippen LogP contribution >= 0.6 is 0 Å². The zero-order valence-corrected chi connectivity index (χ0v) is 15.3. The number of carbonyl (C=O) groups is 2. The van der Waals surface area contributed by atoms with E-state index in [0.29, 0.717) is 31.5 Å². The molecule has 0 bridgehead atoms. The first-order valence-corrected chi connectivity index (χ1v) is 8.73. The highest BCUT2D eigenvalue weighted by atomic mass is 16.5. The minimum absolute atomic E-state index is 0.260. The molecule has 1 unspecified atom stereocenters. The Morgan fingerprint density at radius 1 is 1.19 bits per heavy atom. The fraction of sp³-hybridized carbons (Fsp3) is 0.444. The summed E-state index contributed by atoms with van der Waals surface area (Å²) in [6.45, 7) is 3.77. The van der Waals surface area contributed by atoms with Gasteiger partial charge in [-0.05, 0) is 19.1 Å². The topological polar surface area (TPSA) is 77.2 Å². The number of para-hydroxylation sites is 1. The highest BCUT2D eigenvalue weighted by Crippen LogP contribution is 2.18. The summed E-state index contributed by atoms with van der Waals surface area (Å²) in [6.07, 6.45) is 0.720. The van der Waals surface area contributed by atoms with E-state index in [9.17, 15) is 9.59 Å². The fourth-order valence-corrected chi connectivity index (χ4v) is 3.07. The molecule has 3 rings (SSSR count). The minimum atomic E-state index is -0.575. The molecule has 8 nitrogen and oxygen atoms in total. The molecule has 2 aliphatic rings. The summed E-state index contributed by atoms with van der Waals surface area (Å²) < 4.78 is 7.64. The molecule has 1 fully saturated rings. The van der Waals surface area contributed by atoms with Crippen molar-refractivity contribution in [2.45, 2.75) is 19.4 Å². The van der Waals surface area contributed by atoms with Gasteiger partial charge >= 0.3 is 12.0 Å². The number of guanidine groups is 1. The molecule has 3 amide bonds. The molecule has 0 aromatic heterocycles. The first kappa shape index (κ1) is 17.9. The number of amides is 3. The molecule has 1 aromatic carbocycles. The maximum absolute atomic E-state index is 12.7. The molecule has 1 atom stereocenters. The lowest BCUT2D eigenvalue weighted by Crippen LogP contribution is -2.61. The van der Waals surface area contributed by atoms with Gasteiger partial charge in [-0.3, -0.25) is 19.9 Å². The average molecular weight is 358 g/mol. The number of nitrogens with zero attached hydrogens (tertiary/aromatic N) is 4. The first-order chi connectivity index (χ1) is 12.5. The number of imide groups is 1. The number of urea groups is 1. The Morgan fingerprint density at radius 2 is 1.92 bits per heavy atom. The van der Waals surface area contributed by atoms with E-state index >= 15 is 0 Å². The number of ether oxygens (including phenoxy) is 1. The standard InChI is InChI=1S/C18H23N5O3/c1-4-19-17-20-15-14(16(24)22(3)18(25)21(15)2)23(17)11-8-12-26-13-9-6-5-7-10-13/h5-7,9-10,14H,4,8,11-12H2,1-3H3/p+1. The molecule has 8 heteroatoms. The maximum Gasteiger partial charge on any atom is 0.390 e. The molecule has 0 aliphatic carbocycles. The summed E-state index contributed by atoms with van der Waals surface area (Å²) in [5, 5.41) is 3.19. The lowest BCUT2D eigenvalue weighted by molar-refractivity contribution is -0.537. The van der Waals surface area contributed by atoms with Crippen molar-refractivity contribution in [2.75, 3.05) is 33.8 Å². The van der Waals surface area contributed by atoms with Gasteiger partial charge in [-0.25, -0.2) is 9.37 Å². The van der Waals surface area contributed by atoms with Crippen LogP contribution in [0.2, 0.25) is 0 Å². The third-order valence-electron chi connectivity index (χ3n) is 4.42. The van der Waals surface area contributed by atoms with Crippen LogP contribution in [0.25, 0.3) is 0 Å². The normalized spacial score (nSPS) is 19.7.